The lowest BCUT2D eigenvalue weighted by Gasteiger charge is -2.29. The van der Waals surface area contributed by atoms with Crippen molar-refractivity contribution in [3.63, 3.8) is 0 Å². The molecule has 3 nitrogen and oxygen atoms in total. The van der Waals surface area contributed by atoms with E-state index in [2.05, 4.69) is 117 Å². The molecular formula is C35H30BN3. The van der Waals surface area contributed by atoms with Crippen LogP contribution in [0.3, 0.4) is 0 Å². The lowest BCUT2D eigenvalue weighted by Crippen LogP contribution is -2.53. The van der Waals surface area contributed by atoms with Crippen molar-refractivity contribution in [1.82, 2.24) is 14.0 Å². The summed E-state index contributed by atoms with van der Waals surface area (Å²) in [6.45, 7) is 13.4. The summed E-state index contributed by atoms with van der Waals surface area (Å²) in [7, 11) is 0. The number of rotatable bonds is 1. The van der Waals surface area contributed by atoms with E-state index in [0.29, 0.717) is 0 Å². The van der Waals surface area contributed by atoms with Gasteiger partial charge in [0.15, 0.2) is 0 Å². The van der Waals surface area contributed by atoms with E-state index in [1.54, 1.807) is 0 Å². The largest absolute Gasteiger partial charge is 0.375 e. The minimum absolute atomic E-state index is 0.0457. The van der Waals surface area contributed by atoms with Gasteiger partial charge in [0.25, 0.3) is 0 Å². The van der Waals surface area contributed by atoms with Gasteiger partial charge in [-0.1, -0.05) is 53.1 Å². The number of benzene rings is 4. The second-order valence-electron chi connectivity index (χ2n) is 11.8. The standard InChI is InChI=1S/C35H30BN3/c1-19-11-23(5)32-25(13-19)26-14-20(2)12-24(6)33(26)39(32)36-29-9-7-8-10-31(29)38-34-27(15-21(3)17-30(34)36)28-16-22(4)18-37-35(28)38/h7-18H,1-6H3. The normalized spacial score (nSPS) is 12.8. The van der Waals surface area contributed by atoms with Crippen molar-refractivity contribution in [1.29, 1.82) is 0 Å². The first-order valence-electron chi connectivity index (χ1n) is 13.8. The van der Waals surface area contributed by atoms with Gasteiger partial charge in [-0.15, -0.1) is 0 Å². The van der Waals surface area contributed by atoms with Crippen molar-refractivity contribution >= 4 is 61.5 Å². The number of para-hydroxylation sites is 1. The lowest BCUT2D eigenvalue weighted by atomic mass is 9.48. The van der Waals surface area contributed by atoms with Gasteiger partial charge in [-0.05, 0) is 99.5 Å². The van der Waals surface area contributed by atoms with Gasteiger partial charge in [-0.2, -0.15) is 0 Å². The molecule has 4 aromatic carbocycles. The van der Waals surface area contributed by atoms with Crippen LogP contribution in [-0.2, 0) is 0 Å². The molecule has 0 amide bonds. The molecule has 4 heteroatoms. The highest BCUT2D eigenvalue weighted by Crippen LogP contribution is 2.38. The number of hydrogen-bond acceptors (Lipinski definition) is 1. The molecule has 0 fully saturated rings. The van der Waals surface area contributed by atoms with Gasteiger partial charge >= 0.3 is 6.85 Å². The molecule has 4 heterocycles. The maximum Gasteiger partial charge on any atom is 0.332 e. The maximum atomic E-state index is 4.98. The predicted molar refractivity (Wildman–Crippen MR) is 167 cm³/mol. The van der Waals surface area contributed by atoms with Crippen molar-refractivity contribution in [2.45, 2.75) is 41.5 Å². The van der Waals surface area contributed by atoms with Crippen LogP contribution in [0.5, 0.6) is 0 Å². The molecule has 188 valence electrons. The molecule has 0 atom stereocenters. The zero-order valence-electron chi connectivity index (χ0n) is 23.3. The molecule has 1 aliphatic rings. The Kier molecular flexibility index (Phi) is 4.43. The molecule has 0 saturated carbocycles. The van der Waals surface area contributed by atoms with Gasteiger partial charge in [0.2, 0.25) is 0 Å². The van der Waals surface area contributed by atoms with E-state index in [1.165, 1.54) is 88.1 Å². The van der Waals surface area contributed by atoms with Crippen LogP contribution in [0.4, 0.5) is 0 Å². The van der Waals surface area contributed by atoms with Crippen LogP contribution in [0.25, 0.3) is 49.4 Å². The summed E-state index contributed by atoms with van der Waals surface area (Å²) in [5.74, 6) is 0. The summed E-state index contributed by atoms with van der Waals surface area (Å²) in [6.07, 6.45) is 2.00. The first-order chi connectivity index (χ1) is 18.8. The van der Waals surface area contributed by atoms with Crippen LogP contribution < -0.4 is 10.9 Å². The van der Waals surface area contributed by atoms with Gasteiger partial charge in [-0.25, -0.2) is 4.98 Å². The van der Waals surface area contributed by atoms with Crippen LogP contribution >= 0.6 is 0 Å². The Labute approximate surface area is 228 Å². The average Bonchev–Trinajstić information content (AvgIpc) is 3.38. The molecule has 0 aliphatic carbocycles. The van der Waals surface area contributed by atoms with E-state index >= 15 is 0 Å². The van der Waals surface area contributed by atoms with Gasteiger partial charge in [0.05, 0.1) is 5.52 Å². The smallest absolute Gasteiger partial charge is 0.332 e. The Morgan fingerprint density at radius 2 is 1.13 bits per heavy atom. The number of aromatic nitrogens is 3. The summed E-state index contributed by atoms with van der Waals surface area (Å²) in [6, 6.07) is 25.4. The molecule has 0 unspecified atom stereocenters. The lowest BCUT2D eigenvalue weighted by molar-refractivity contribution is 1.13. The summed E-state index contributed by atoms with van der Waals surface area (Å²) in [5, 5.41) is 5.21. The highest BCUT2D eigenvalue weighted by Gasteiger charge is 2.37. The van der Waals surface area contributed by atoms with E-state index in [1.807, 2.05) is 6.20 Å². The Morgan fingerprint density at radius 1 is 0.564 bits per heavy atom. The summed E-state index contributed by atoms with van der Waals surface area (Å²) < 4.78 is 5.06. The molecule has 0 radical (unpaired) electrons. The third-order valence-electron chi connectivity index (χ3n) is 8.70. The molecule has 3 aromatic heterocycles. The number of pyridine rings is 1. The Hall–Kier alpha value is -4.31. The Morgan fingerprint density at radius 3 is 1.79 bits per heavy atom. The van der Waals surface area contributed by atoms with Crippen molar-refractivity contribution in [3.05, 3.63) is 106 Å². The molecule has 0 N–H and O–H groups in total. The fourth-order valence-corrected chi connectivity index (χ4v) is 7.46. The number of fused-ring (bicyclic) bond motifs is 8. The van der Waals surface area contributed by atoms with Crippen LogP contribution in [-0.4, -0.2) is 20.9 Å². The number of aryl methyl sites for hydroxylation is 6. The Balaban J connectivity index is 1.63. The molecule has 39 heavy (non-hydrogen) atoms. The first-order valence-corrected chi connectivity index (χ1v) is 13.8. The highest BCUT2D eigenvalue weighted by molar-refractivity contribution is 6.88. The number of hydrogen-bond donors (Lipinski definition) is 0. The SMILES string of the molecule is Cc1cc(C)c2c(c1)c1cc(C)cc(C)c1n2B1c2ccccc2-n2c3ncc(C)cc3c3cc(C)cc1c32. The number of nitrogens with zero attached hydrogens (tertiary/aromatic N) is 3. The minimum atomic E-state index is 0.0457. The monoisotopic (exact) mass is 503 g/mol. The van der Waals surface area contributed by atoms with Crippen LogP contribution in [0.15, 0.2) is 72.9 Å². The van der Waals surface area contributed by atoms with Crippen molar-refractivity contribution in [2.75, 3.05) is 0 Å². The van der Waals surface area contributed by atoms with Crippen molar-refractivity contribution < 1.29 is 0 Å². The average molecular weight is 503 g/mol. The summed E-state index contributed by atoms with van der Waals surface area (Å²) in [4.78, 5) is 4.98. The van der Waals surface area contributed by atoms with Gasteiger partial charge in [-0.3, -0.25) is 4.57 Å². The van der Waals surface area contributed by atoms with Gasteiger partial charge < -0.3 is 4.48 Å². The van der Waals surface area contributed by atoms with Crippen molar-refractivity contribution in [2.24, 2.45) is 0 Å². The highest BCUT2D eigenvalue weighted by atomic mass is 15.1. The summed E-state index contributed by atoms with van der Waals surface area (Å²) >= 11 is 0. The third-order valence-corrected chi connectivity index (χ3v) is 8.70. The molecule has 0 spiro atoms. The van der Waals surface area contributed by atoms with E-state index in [4.69, 9.17) is 4.98 Å². The van der Waals surface area contributed by atoms with E-state index in [0.717, 1.165) is 5.65 Å². The molecule has 1 aliphatic heterocycles. The maximum absolute atomic E-state index is 4.98. The van der Waals surface area contributed by atoms with Gasteiger partial charge in [0.1, 0.15) is 5.65 Å². The van der Waals surface area contributed by atoms with Crippen molar-refractivity contribution in [3.8, 4) is 5.69 Å². The van der Waals surface area contributed by atoms with Crippen LogP contribution in [0.2, 0.25) is 0 Å². The fourth-order valence-electron chi connectivity index (χ4n) is 7.46. The molecular weight excluding hydrogens is 473 g/mol. The third kappa shape index (κ3) is 2.92. The van der Waals surface area contributed by atoms with Gasteiger partial charge in [0, 0.05) is 44.5 Å². The predicted octanol–water partition coefficient (Wildman–Crippen LogP) is 7.10. The molecule has 7 aromatic rings. The fraction of sp³-hybridized carbons (Fsp3) is 0.171. The van der Waals surface area contributed by atoms with E-state index in [9.17, 15) is 0 Å². The first kappa shape index (κ1) is 22.7. The summed E-state index contributed by atoms with van der Waals surface area (Å²) in [5.41, 5.74) is 16.6. The van der Waals surface area contributed by atoms with Crippen LogP contribution in [0, 0.1) is 41.5 Å². The minimum Gasteiger partial charge on any atom is -0.375 e. The molecule has 0 saturated heterocycles. The van der Waals surface area contributed by atoms with E-state index < -0.39 is 0 Å². The van der Waals surface area contributed by atoms with Crippen LogP contribution in [0.1, 0.15) is 33.4 Å². The topological polar surface area (TPSA) is 22.8 Å². The Bertz CT molecular complexity index is 2130. The second kappa shape index (κ2) is 7.63. The quantitative estimate of drug-likeness (QED) is 0.219. The molecule has 8 rings (SSSR count). The zero-order chi connectivity index (χ0) is 26.7. The second-order valence-corrected chi connectivity index (χ2v) is 11.8. The zero-order valence-corrected chi connectivity index (χ0v) is 23.3. The molecule has 0 bridgehead atoms. The van der Waals surface area contributed by atoms with E-state index in [-0.39, 0.29) is 6.85 Å².